The average Bonchev–Trinajstić information content (AvgIpc) is 3.71. The van der Waals surface area contributed by atoms with Crippen molar-refractivity contribution in [2.45, 2.75) is 46.5 Å². The molecule has 8 aromatic rings. The minimum atomic E-state index is -2.22. The average molecular weight is 809 g/mol. The summed E-state index contributed by atoms with van der Waals surface area (Å²) in [6.45, 7) is 3.75. The largest absolute Gasteiger partial charge is 3.00 e. The molecule has 3 heterocycles. The second-order valence-corrected chi connectivity index (χ2v) is 12.4. The summed E-state index contributed by atoms with van der Waals surface area (Å²) < 4.78 is 49.5. The Morgan fingerprint density at radius 1 is 0.854 bits per heavy atom. The molecule has 0 aliphatic rings. The van der Waals surface area contributed by atoms with Crippen molar-refractivity contribution >= 4 is 33.0 Å². The third-order valence-electron chi connectivity index (χ3n) is 8.23. The first-order valence-corrected chi connectivity index (χ1v) is 15.6. The molecule has 3 aromatic heterocycles. The molecule has 0 unspecified atom stereocenters. The van der Waals surface area contributed by atoms with Crippen LogP contribution in [0.15, 0.2) is 126 Å². The van der Waals surface area contributed by atoms with Gasteiger partial charge in [-0.05, 0) is 42.1 Å². The Morgan fingerprint density at radius 2 is 1.60 bits per heavy atom. The van der Waals surface area contributed by atoms with Gasteiger partial charge in [-0.2, -0.15) is 24.3 Å². The van der Waals surface area contributed by atoms with Gasteiger partial charge in [0.2, 0.25) is 6.33 Å². The van der Waals surface area contributed by atoms with Crippen LogP contribution < -0.4 is 4.57 Å². The zero-order valence-electron chi connectivity index (χ0n) is 32.1. The van der Waals surface area contributed by atoms with Crippen molar-refractivity contribution in [3.63, 3.8) is 0 Å². The van der Waals surface area contributed by atoms with Gasteiger partial charge in [-0.25, -0.2) is 0 Å². The van der Waals surface area contributed by atoms with Crippen LogP contribution in [0.5, 0.6) is 0 Å². The van der Waals surface area contributed by atoms with Crippen LogP contribution in [0.1, 0.15) is 45.7 Å². The number of imidazole rings is 1. The van der Waals surface area contributed by atoms with Crippen LogP contribution >= 0.6 is 0 Å². The number of aromatic nitrogens is 3. The van der Waals surface area contributed by atoms with Gasteiger partial charge in [-0.1, -0.05) is 122 Å². The van der Waals surface area contributed by atoms with Crippen molar-refractivity contribution in [1.29, 1.82) is 0 Å². The second-order valence-electron chi connectivity index (χ2n) is 12.4. The molecule has 0 aliphatic carbocycles. The molecule has 4 nitrogen and oxygen atoms in total. The van der Waals surface area contributed by atoms with E-state index in [1.54, 1.807) is 12.3 Å². The Bertz CT molecular complexity index is 2540. The van der Waals surface area contributed by atoms with E-state index in [4.69, 9.17) is 11.3 Å². The second kappa shape index (κ2) is 13.7. The van der Waals surface area contributed by atoms with Crippen LogP contribution in [0, 0.1) is 25.3 Å². The predicted octanol–water partition coefficient (Wildman–Crippen LogP) is 10.3. The standard InChI is InChI=1S/C22H20NO.C21H17N2.Ir/c1-14-12-19(23-13-18(14)22(2,3)4)17-10-7-9-16-15-8-5-6-11-20(15)24-21(16)17;1-2-22-16-23(21-14-7-6-13-20(21)22)19-12-8-11-18(15-19)17-9-4-3-5-10-17;/h5-9,11-13H,1-4H3;3-11,13-15H,2H2,1H3;/q2*-1;+3/i1D3;2D2;. The molecule has 0 aliphatic heterocycles. The van der Waals surface area contributed by atoms with Crippen molar-refractivity contribution in [1.82, 2.24) is 9.55 Å². The van der Waals surface area contributed by atoms with E-state index < -0.39 is 13.3 Å². The Kier molecular flexibility index (Phi) is 7.76. The molecule has 8 rings (SSSR count). The minimum absolute atomic E-state index is 0. The quantitative estimate of drug-likeness (QED) is 0.131. The number of benzene rings is 5. The Morgan fingerprint density at radius 3 is 2.40 bits per heavy atom. The molecule has 0 bridgehead atoms. The Labute approximate surface area is 303 Å². The molecule has 48 heavy (non-hydrogen) atoms. The third kappa shape index (κ3) is 6.36. The van der Waals surface area contributed by atoms with Crippen molar-refractivity contribution in [2.75, 3.05) is 0 Å². The molecular formula is C43H37IrN3O+. The molecule has 238 valence electrons. The van der Waals surface area contributed by atoms with E-state index in [2.05, 4.69) is 35.6 Å². The van der Waals surface area contributed by atoms with E-state index in [-0.39, 0.29) is 25.5 Å². The van der Waals surface area contributed by atoms with Crippen molar-refractivity contribution in [2.24, 2.45) is 0 Å². The van der Waals surface area contributed by atoms with Crippen LogP contribution in [0.4, 0.5) is 0 Å². The monoisotopic (exact) mass is 809 g/mol. The summed E-state index contributed by atoms with van der Waals surface area (Å²) in [5.41, 5.74) is 8.17. The zero-order valence-corrected chi connectivity index (χ0v) is 29.5. The maximum absolute atomic E-state index is 8.08. The number of pyridine rings is 1. The SMILES string of the molecule is [2H]C([2H])(C)[n+]1[c-]n(-c2[c-]ccc(-c3ccccc3)c2)c2ccccc21.[2H]C([2H])([2H])c1cc(-c2[c-]ccc3c2oc2ccccc23)ncc1C(C)(C)C.[Ir+3]. The van der Waals surface area contributed by atoms with Gasteiger partial charge in [0.25, 0.3) is 0 Å². The number of hydrogen-bond donors (Lipinski definition) is 0. The number of hydrogen-bond acceptors (Lipinski definition) is 2. The summed E-state index contributed by atoms with van der Waals surface area (Å²) in [4.78, 5) is 4.57. The molecule has 0 fully saturated rings. The van der Waals surface area contributed by atoms with Gasteiger partial charge in [0.1, 0.15) is 5.58 Å². The maximum atomic E-state index is 8.08. The molecule has 5 aromatic carbocycles. The number of fused-ring (bicyclic) bond motifs is 4. The van der Waals surface area contributed by atoms with Gasteiger partial charge in [0.15, 0.2) is 0 Å². The van der Waals surface area contributed by atoms with Gasteiger partial charge >= 0.3 is 20.1 Å². The van der Waals surface area contributed by atoms with Crippen LogP contribution in [0.2, 0.25) is 0 Å². The number of aryl methyl sites for hydroxylation is 2. The van der Waals surface area contributed by atoms with E-state index >= 15 is 0 Å². The van der Waals surface area contributed by atoms with Gasteiger partial charge in [-0.15, -0.1) is 23.8 Å². The number of furan rings is 1. The topological polar surface area (TPSA) is 34.8 Å². The third-order valence-corrected chi connectivity index (χ3v) is 8.23. The fourth-order valence-electron chi connectivity index (χ4n) is 5.87. The summed E-state index contributed by atoms with van der Waals surface area (Å²) in [5.74, 6) is 0. The number of para-hydroxylation sites is 3. The fourth-order valence-corrected chi connectivity index (χ4v) is 5.87. The van der Waals surface area contributed by atoms with Gasteiger partial charge in [-0.3, -0.25) is 0 Å². The summed E-state index contributed by atoms with van der Waals surface area (Å²) >= 11 is 0. The molecule has 0 atom stereocenters. The summed E-state index contributed by atoms with van der Waals surface area (Å²) in [7, 11) is 0. The van der Waals surface area contributed by atoms with Crippen molar-refractivity contribution in [3.8, 4) is 28.1 Å². The van der Waals surface area contributed by atoms with E-state index in [0.29, 0.717) is 22.4 Å². The molecule has 0 saturated carbocycles. The fraction of sp³-hybridized carbons (Fsp3) is 0.163. The van der Waals surface area contributed by atoms with E-state index in [0.717, 1.165) is 49.8 Å². The van der Waals surface area contributed by atoms with Gasteiger partial charge in [0.05, 0.1) is 25.9 Å². The first kappa shape index (κ1) is 27.2. The van der Waals surface area contributed by atoms with Gasteiger partial charge in [0, 0.05) is 15.7 Å². The van der Waals surface area contributed by atoms with Crippen LogP contribution in [-0.2, 0) is 32.0 Å². The van der Waals surface area contributed by atoms with E-state index in [9.17, 15) is 0 Å². The van der Waals surface area contributed by atoms with Crippen LogP contribution in [0.3, 0.4) is 0 Å². The maximum Gasteiger partial charge on any atom is 3.00 e. The first-order valence-electron chi connectivity index (χ1n) is 18.1. The molecule has 5 heteroatoms. The molecular weight excluding hydrogens is 767 g/mol. The summed E-state index contributed by atoms with van der Waals surface area (Å²) in [5, 5.41) is 1.99. The Balaban J connectivity index is 0.000000178. The Hall–Kier alpha value is -4.83. The summed E-state index contributed by atoms with van der Waals surface area (Å²) in [6, 6.07) is 43.6. The molecule has 0 N–H and O–H groups in total. The molecule has 0 spiro atoms. The minimum Gasteiger partial charge on any atom is -0.501 e. The predicted molar refractivity (Wildman–Crippen MR) is 191 cm³/mol. The van der Waals surface area contributed by atoms with E-state index in [1.807, 2.05) is 122 Å². The number of nitrogens with zero attached hydrogens (tertiary/aromatic N) is 3. The van der Waals surface area contributed by atoms with E-state index in [1.165, 1.54) is 11.5 Å². The van der Waals surface area contributed by atoms with Crippen LogP contribution in [-0.4, -0.2) is 9.55 Å². The summed E-state index contributed by atoms with van der Waals surface area (Å²) in [6.07, 6.45) is 4.82. The van der Waals surface area contributed by atoms with Crippen LogP contribution in [0.25, 0.3) is 61.0 Å². The van der Waals surface area contributed by atoms with Gasteiger partial charge < -0.3 is 18.5 Å². The smallest absolute Gasteiger partial charge is 0.501 e. The first-order chi connectivity index (χ1) is 24.7. The normalized spacial score (nSPS) is 13.5. The molecule has 0 amide bonds. The van der Waals surface area contributed by atoms with Crippen molar-refractivity contribution < 1.29 is 35.9 Å². The zero-order chi connectivity index (χ0) is 36.8. The molecule has 0 saturated heterocycles. The van der Waals surface area contributed by atoms with Crippen molar-refractivity contribution in [3.05, 3.63) is 151 Å². The number of rotatable bonds is 4. The molecule has 0 radical (unpaired) electrons.